The van der Waals surface area contributed by atoms with Gasteiger partial charge in [0.2, 0.25) is 5.91 Å². The summed E-state index contributed by atoms with van der Waals surface area (Å²) in [7, 11) is 0. The van der Waals surface area contributed by atoms with Crippen LogP contribution < -0.4 is 10.6 Å². The Bertz CT molecular complexity index is 372. The number of nitrogens with one attached hydrogen (secondary N) is 2. The fourth-order valence-electron chi connectivity index (χ4n) is 3.74. The number of carbonyl (C=O) groups is 2. The zero-order chi connectivity index (χ0) is 15.8. The van der Waals surface area contributed by atoms with Crippen molar-refractivity contribution in [3.63, 3.8) is 0 Å². The van der Waals surface area contributed by atoms with Gasteiger partial charge in [-0.25, -0.2) is 0 Å². The minimum absolute atomic E-state index is 0.0902. The molecule has 5 nitrogen and oxygen atoms in total. The van der Waals surface area contributed by atoms with E-state index in [0.29, 0.717) is 19.6 Å². The molecule has 0 radical (unpaired) electrons. The summed E-state index contributed by atoms with van der Waals surface area (Å²) < 4.78 is 5.13. The van der Waals surface area contributed by atoms with Crippen molar-refractivity contribution >= 4 is 11.9 Å². The van der Waals surface area contributed by atoms with Crippen LogP contribution >= 0.6 is 0 Å². The predicted octanol–water partition coefficient (Wildman–Crippen LogP) is 2.01. The van der Waals surface area contributed by atoms with Gasteiger partial charge in [-0.2, -0.15) is 0 Å². The van der Waals surface area contributed by atoms with Gasteiger partial charge in [0.1, 0.15) is 0 Å². The quantitative estimate of drug-likeness (QED) is 0.736. The molecule has 1 saturated heterocycles. The Morgan fingerprint density at radius 1 is 1.18 bits per heavy atom. The second-order valence-corrected chi connectivity index (χ2v) is 6.78. The molecule has 1 aliphatic carbocycles. The topological polar surface area (TPSA) is 67.4 Å². The second-order valence-electron chi connectivity index (χ2n) is 6.78. The zero-order valence-corrected chi connectivity index (χ0v) is 13.8. The van der Waals surface area contributed by atoms with Gasteiger partial charge in [0.05, 0.1) is 13.0 Å². The molecular formula is C17H30N2O3. The van der Waals surface area contributed by atoms with Crippen LogP contribution in [0.3, 0.4) is 0 Å². The molecule has 0 unspecified atom stereocenters. The number of hydrogen-bond acceptors (Lipinski definition) is 4. The Morgan fingerprint density at radius 3 is 2.50 bits per heavy atom. The number of carbonyl (C=O) groups excluding carboxylic acids is 2. The molecule has 1 saturated carbocycles. The summed E-state index contributed by atoms with van der Waals surface area (Å²) in [4.78, 5) is 24.3. The third-order valence-corrected chi connectivity index (χ3v) is 5.09. The van der Waals surface area contributed by atoms with Crippen LogP contribution in [0.4, 0.5) is 0 Å². The monoisotopic (exact) mass is 310 g/mol. The number of rotatable bonds is 6. The van der Waals surface area contributed by atoms with Gasteiger partial charge in [-0.3, -0.25) is 9.59 Å². The number of ether oxygens (including phenoxy) is 1. The summed E-state index contributed by atoms with van der Waals surface area (Å²) in [6.45, 7) is 4.73. The van der Waals surface area contributed by atoms with Gasteiger partial charge in [-0.15, -0.1) is 0 Å². The van der Waals surface area contributed by atoms with Crippen LogP contribution in [0.2, 0.25) is 0 Å². The molecule has 0 aromatic carbocycles. The first kappa shape index (κ1) is 17.3. The van der Waals surface area contributed by atoms with E-state index in [2.05, 4.69) is 10.6 Å². The van der Waals surface area contributed by atoms with E-state index in [9.17, 15) is 9.59 Å². The zero-order valence-electron chi connectivity index (χ0n) is 13.8. The molecule has 0 spiro atoms. The molecule has 2 aliphatic rings. The highest BCUT2D eigenvalue weighted by Crippen LogP contribution is 2.39. The number of esters is 1. The van der Waals surface area contributed by atoms with Crippen LogP contribution in [-0.4, -0.2) is 38.1 Å². The minimum Gasteiger partial charge on any atom is -0.466 e. The van der Waals surface area contributed by atoms with Gasteiger partial charge in [0.15, 0.2) is 0 Å². The van der Waals surface area contributed by atoms with Crippen LogP contribution in [0.15, 0.2) is 0 Å². The smallest absolute Gasteiger partial charge is 0.306 e. The van der Waals surface area contributed by atoms with Crippen molar-refractivity contribution in [1.29, 1.82) is 0 Å². The van der Waals surface area contributed by atoms with Crippen LogP contribution in [0, 0.1) is 11.3 Å². The summed E-state index contributed by atoms with van der Waals surface area (Å²) in [5.41, 5.74) is -0.0902. The van der Waals surface area contributed by atoms with E-state index >= 15 is 0 Å². The Labute approximate surface area is 133 Å². The molecule has 0 aromatic rings. The highest BCUT2D eigenvalue weighted by atomic mass is 16.5. The summed E-state index contributed by atoms with van der Waals surface area (Å²) in [6, 6.07) is 0. The van der Waals surface area contributed by atoms with E-state index < -0.39 is 0 Å². The lowest BCUT2D eigenvalue weighted by molar-refractivity contribution is -0.147. The van der Waals surface area contributed by atoms with Crippen LogP contribution in [-0.2, 0) is 14.3 Å². The maximum Gasteiger partial charge on any atom is 0.306 e. The average molecular weight is 310 g/mol. The molecule has 126 valence electrons. The SMILES string of the molecule is CCOC(=O)CC1(CNC(=O)C2CCNCC2)CCCCC1. The summed E-state index contributed by atoms with van der Waals surface area (Å²) in [5.74, 6) is 0.167. The van der Waals surface area contributed by atoms with Crippen molar-refractivity contribution in [3.8, 4) is 0 Å². The maximum absolute atomic E-state index is 12.3. The molecule has 0 atom stereocenters. The molecule has 0 aromatic heterocycles. The lowest BCUT2D eigenvalue weighted by Crippen LogP contribution is -2.44. The predicted molar refractivity (Wildman–Crippen MR) is 85.4 cm³/mol. The molecule has 22 heavy (non-hydrogen) atoms. The lowest BCUT2D eigenvalue weighted by atomic mass is 9.71. The first-order valence-corrected chi connectivity index (χ1v) is 8.79. The van der Waals surface area contributed by atoms with Gasteiger partial charge in [0.25, 0.3) is 0 Å². The van der Waals surface area contributed by atoms with E-state index in [1.807, 2.05) is 6.92 Å². The molecular weight excluding hydrogens is 280 g/mol. The molecule has 5 heteroatoms. The fraction of sp³-hybridized carbons (Fsp3) is 0.882. The van der Waals surface area contributed by atoms with E-state index in [-0.39, 0.29) is 23.2 Å². The Morgan fingerprint density at radius 2 is 1.86 bits per heavy atom. The molecule has 2 N–H and O–H groups in total. The van der Waals surface area contributed by atoms with Gasteiger partial charge >= 0.3 is 5.97 Å². The van der Waals surface area contributed by atoms with Gasteiger partial charge < -0.3 is 15.4 Å². The molecule has 2 fully saturated rings. The summed E-state index contributed by atoms with van der Waals surface area (Å²) in [6.07, 6.45) is 7.80. The maximum atomic E-state index is 12.3. The minimum atomic E-state index is -0.125. The first-order valence-electron chi connectivity index (χ1n) is 8.79. The highest BCUT2D eigenvalue weighted by Gasteiger charge is 2.36. The van der Waals surface area contributed by atoms with Crippen molar-refractivity contribution in [2.45, 2.75) is 58.3 Å². The molecule has 1 aliphatic heterocycles. The molecule has 1 amide bonds. The van der Waals surface area contributed by atoms with Crippen molar-refractivity contribution in [2.24, 2.45) is 11.3 Å². The van der Waals surface area contributed by atoms with E-state index in [0.717, 1.165) is 51.6 Å². The normalized spacial score (nSPS) is 22.0. The van der Waals surface area contributed by atoms with Crippen LogP contribution in [0.25, 0.3) is 0 Å². The summed E-state index contributed by atoms with van der Waals surface area (Å²) in [5, 5.41) is 6.42. The van der Waals surface area contributed by atoms with Gasteiger partial charge in [-0.1, -0.05) is 19.3 Å². The van der Waals surface area contributed by atoms with Crippen LogP contribution in [0.5, 0.6) is 0 Å². The highest BCUT2D eigenvalue weighted by molar-refractivity contribution is 5.79. The molecule has 1 heterocycles. The van der Waals surface area contributed by atoms with Crippen molar-refractivity contribution < 1.29 is 14.3 Å². The summed E-state index contributed by atoms with van der Waals surface area (Å²) >= 11 is 0. The fourth-order valence-corrected chi connectivity index (χ4v) is 3.74. The van der Waals surface area contributed by atoms with E-state index in [4.69, 9.17) is 4.74 Å². The van der Waals surface area contributed by atoms with Gasteiger partial charge in [-0.05, 0) is 51.1 Å². The largest absolute Gasteiger partial charge is 0.466 e. The third-order valence-electron chi connectivity index (χ3n) is 5.09. The first-order chi connectivity index (χ1) is 10.7. The van der Waals surface area contributed by atoms with Crippen molar-refractivity contribution in [2.75, 3.05) is 26.2 Å². The molecule has 2 rings (SSSR count). The number of amides is 1. The Hall–Kier alpha value is -1.10. The number of hydrogen-bond donors (Lipinski definition) is 2. The van der Waals surface area contributed by atoms with E-state index in [1.165, 1.54) is 6.42 Å². The molecule has 0 bridgehead atoms. The third kappa shape index (κ3) is 4.97. The Balaban J connectivity index is 1.88. The number of piperidine rings is 1. The standard InChI is InChI=1S/C17H30N2O3/c1-2-22-15(20)12-17(8-4-3-5-9-17)13-19-16(21)14-6-10-18-11-7-14/h14,18H,2-13H2,1H3,(H,19,21). The van der Waals surface area contributed by atoms with E-state index in [1.54, 1.807) is 0 Å². The second kappa shape index (κ2) is 8.51. The van der Waals surface area contributed by atoms with Crippen molar-refractivity contribution in [3.05, 3.63) is 0 Å². The van der Waals surface area contributed by atoms with Gasteiger partial charge in [0, 0.05) is 12.5 Å². The van der Waals surface area contributed by atoms with Crippen LogP contribution in [0.1, 0.15) is 58.3 Å². The average Bonchev–Trinajstić information content (AvgIpc) is 2.54. The Kier molecular flexibility index (Phi) is 6.68. The lowest BCUT2D eigenvalue weighted by Gasteiger charge is -2.37. The van der Waals surface area contributed by atoms with Crippen molar-refractivity contribution in [1.82, 2.24) is 10.6 Å².